The molecule has 0 fully saturated rings. The van der Waals surface area contributed by atoms with E-state index in [1.54, 1.807) is 12.1 Å². The van der Waals surface area contributed by atoms with Gasteiger partial charge in [-0.25, -0.2) is 4.39 Å². The molecule has 1 aromatic carbocycles. The van der Waals surface area contributed by atoms with Crippen molar-refractivity contribution in [1.29, 1.82) is 0 Å². The summed E-state index contributed by atoms with van der Waals surface area (Å²) in [6.45, 7) is 11.9. The van der Waals surface area contributed by atoms with E-state index >= 15 is 0 Å². The highest BCUT2D eigenvalue weighted by molar-refractivity contribution is 5.26. The van der Waals surface area contributed by atoms with E-state index in [0.29, 0.717) is 6.04 Å². The van der Waals surface area contributed by atoms with Gasteiger partial charge in [0.2, 0.25) is 0 Å². The number of hydrogen-bond donors (Lipinski definition) is 1. The van der Waals surface area contributed by atoms with E-state index in [9.17, 15) is 4.39 Å². The van der Waals surface area contributed by atoms with E-state index in [1.807, 2.05) is 13.0 Å². The van der Waals surface area contributed by atoms with Gasteiger partial charge in [0.05, 0.1) is 0 Å². The van der Waals surface area contributed by atoms with E-state index in [0.717, 1.165) is 24.9 Å². The molecule has 0 aliphatic heterocycles. The summed E-state index contributed by atoms with van der Waals surface area (Å²) in [6.07, 6.45) is 2.09. The Bertz CT molecular complexity index is 379. The molecule has 2 heteroatoms. The molecule has 0 saturated carbocycles. The highest BCUT2D eigenvalue weighted by atomic mass is 19.1. The van der Waals surface area contributed by atoms with Gasteiger partial charge in [-0.3, -0.25) is 0 Å². The smallest absolute Gasteiger partial charge is 0.123 e. The van der Waals surface area contributed by atoms with E-state index in [-0.39, 0.29) is 11.2 Å². The molecule has 0 heterocycles. The molecule has 1 N–H and O–H groups in total. The molecule has 1 aromatic rings. The Kier molecular flexibility index (Phi) is 5.33. The van der Waals surface area contributed by atoms with E-state index in [4.69, 9.17) is 0 Å². The van der Waals surface area contributed by atoms with Gasteiger partial charge in [0.15, 0.2) is 0 Å². The van der Waals surface area contributed by atoms with Crippen molar-refractivity contribution in [2.24, 2.45) is 5.41 Å². The molecule has 102 valence electrons. The fraction of sp³-hybridized carbons (Fsp3) is 0.625. The molecule has 0 radical (unpaired) electrons. The molecule has 0 spiro atoms. The first-order valence-corrected chi connectivity index (χ1v) is 6.83. The summed E-state index contributed by atoms with van der Waals surface area (Å²) in [4.78, 5) is 0. The molecular formula is C16H26FN. The fourth-order valence-corrected chi connectivity index (χ4v) is 2.33. The Morgan fingerprint density at radius 3 is 2.44 bits per heavy atom. The lowest BCUT2D eigenvalue weighted by molar-refractivity contribution is 0.258. The van der Waals surface area contributed by atoms with Gasteiger partial charge in [0.25, 0.3) is 0 Å². The maximum absolute atomic E-state index is 13.0. The lowest BCUT2D eigenvalue weighted by Crippen LogP contribution is -2.40. The summed E-state index contributed by atoms with van der Waals surface area (Å²) < 4.78 is 13.0. The van der Waals surface area contributed by atoms with Crippen molar-refractivity contribution in [2.75, 3.05) is 6.54 Å². The zero-order valence-corrected chi connectivity index (χ0v) is 12.3. The minimum atomic E-state index is -0.143. The minimum absolute atomic E-state index is 0.143. The van der Waals surface area contributed by atoms with Crippen LogP contribution in [-0.2, 0) is 6.42 Å². The maximum Gasteiger partial charge on any atom is 0.123 e. The second kappa shape index (κ2) is 6.33. The van der Waals surface area contributed by atoms with Gasteiger partial charge in [-0.15, -0.1) is 0 Å². The van der Waals surface area contributed by atoms with Crippen molar-refractivity contribution in [3.63, 3.8) is 0 Å². The van der Waals surface area contributed by atoms with Crippen molar-refractivity contribution >= 4 is 0 Å². The molecule has 0 saturated heterocycles. The van der Waals surface area contributed by atoms with Gasteiger partial charge in [-0.1, -0.05) is 33.8 Å². The zero-order chi connectivity index (χ0) is 13.8. The second-order valence-corrected chi connectivity index (χ2v) is 6.09. The number of benzene rings is 1. The second-order valence-electron chi connectivity index (χ2n) is 6.09. The number of rotatable bonds is 5. The molecule has 18 heavy (non-hydrogen) atoms. The van der Waals surface area contributed by atoms with Crippen LogP contribution in [0.2, 0.25) is 0 Å². The van der Waals surface area contributed by atoms with Crippen molar-refractivity contribution < 1.29 is 4.39 Å². The highest BCUT2D eigenvalue weighted by Gasteiger charge is 2.23. The number of nitrogens with one attached hydrogen (secondary N) is 1. The first kappa shape index (κ1) is 15.2. The van der Waals surface area contributed by atoms with Crippen LogP contribution in [0.5, 0.6) is 0 Å². The average Bonchev–Trinajstić information content (AvgIpc) is 2.24. The predicted octanol–water partition coefficient (Wildman–Crippen LogP) is 4.09. The van der Waals surface area contributed by atoms with Gasteiger partial charge in [0, 0.05) is 6.04 Å². The molecule has 1 rings (SSSR count). The Morgan fingerprint density at radius 2 is 1.94 bits per heavy atom. The third kappa shape index (κ3) is 4.41. The summed E-state index contributed by atoms with van der Waals surface area (Å²) in [5.74, 6) is -0.143. The highest BCUT2D eigenvalue weighted by Crippen LogP contribution is 2.24. The topological polar surface area (TPSA) is 12.0 Å². The van der Waals surface area contributed by atoms with E-state index < -0.39 is 0 Å². The maximum atomic E-state index is 13.0. The number of hydrogen-bond acceptors (Lipinski definition) is 1. The van der Waals surface area contributed by atoms with Crippen molar-refractivity contribution in [3.05, 3.63) is 35.1 Å². The third-order valence-electron chi connectivity index (χ3n) is 3.50. The predicted molar refractivity (Wildman–Crippen MR) is 76.4 cm³/mol. The lowest BCUT2D eigenvalue weighted by atomic mass is 9.83. The van der Waals surface area contributed by atoms with Crippen molar-refractivity contribution in [3.8, 4) is 0 Å². The molecule has 1 nitrogen and oxygen atoms in total. The van der Waals surface area contributed by atoms with Crippen LogP contribution >= 0.6 is 0 Å². The lowest BCUT2D eigenvalue weighted by Gasteiger charge is -2.31. The molecule has 0 aliphatic rings. The van der Waals surface area contributed by atoms with Crippen LogP contribution in [0.25, 0.3) is 0 Å². The number of halogens is 1. The van der Waals surface area contributed by atoms with Crippen LogP contribution in [0.3, 0.4) is 0 Å². The normalized spacial score (nSPS) is 13.7. The Morgan fingerprint density at radius 1 is 1.28 bits per heavy atom. The van der Waals surface area contributed by atoms with Crippen LogP contribution in [0, 0.1) is 18.2 Å². The third-order valence-corrected chi connectivity index (χ3v) is 3.50. The quantitative estimate of drug-likeness (QED) is 0.831. The monoisotopic (exact) mass is 251 g/mol. The van der Waals surface area contributed by atoms with Crippen molar-refractivity contribution in [2.45, 2.75) is 53.5 Å². The van der Waals surface area contributed by atoms with Crippen LogP contribution in [0.4, 0.5) is 4.39 Å². The largest absolute Gasteiger partial charge is 0.314 e. The van der Waals surface area contributed by atoms with Crippen molar-refractivity contribution in [1.82, 2.24) is 5.32 Å². The first-order chi connectivity index (χ1) is 8.34. The van der Waals surface area contributed by atoms with Gasteiger partial charge < -0.3 is 5.32 Å². The van der Waals surface area contributed by atoms with Crippen LogP contribution in [0.15, 0.2) is 18.2 Å². The summed E-state index contributed by atoms with van der Waals surface area (Å²) in [5.41, 5.74) is 2.56. The Balaban J connectivity index is 2.67. The minimum Gasteiger partial charge on any atom is -0.314 e. The molecular weight excluding hydrogens is 225 g/mol. The molecule has 0 aromatic heterocycles. The first-order valence-electron chi connectivity index (χ1n) is 6.83. The molecule has 0 aliphatic carbocycles. The SMILES string of the molecule is CCNC(CCc1ccc(F)cc1C)C(C)(C)C. The van der Waals surface area contributed by atoms with Gasteiger partial charge in [-0.05, 0) is 55.0 Å². The fourth-order valence-electron chi connectivity index (χ4n) is 2.33. The van der Waals surface area contributed by atoms with E-state index in [2.05, 4.69) is 33.0 Å². The van der Waals surface area contributed by atoms with Gasteiger partial charge >= 0.3 is 0 Å². The standard InChI is InChI=1S/C16H26FN/c1-6-18-15(16(3,4)5)10-8-13-7-9-14(17)11-12(13)2/h7,9,11,15,18H,6,8,10H2,1-5H3. The molecule has 0 amide bonds. The molecule has 1 unspecified atom stereocenters. The summed E-state index contributed by atoms with van der Waals surface area (Å²) >= 11 is 0. The Hall–Kier alpha value is -0.890. The van der Waals surface area contributed by atoms with Crippen LogP contribution in [-0.4, -0.2) is 12.6 Å². The van der Waals surface area contributed by atoms with Gasteiger partial charge in [0.1, 0.15) is 5.82 Å². The summed E-state index contributed by atoms with van der Waals surface area (Å²) in [6, 6.07) is 5.58. The Labute approximate surface area is 111 Å². The molecule has 0 bridgehead atoms. The van der Waals surface area contributed by atoms with Crippen LogP contribution < -0.4 is 5.32 Å². The summed E-state index contributed by atoms with van der Waals surface area (Å²) in [5, 5.41) is 3.55. The molecule has 1 atom stereocenters. The summed E-state index contributed by atoms with van der Waals surface area (Å²) in [7, 11) is 0. The van der Waals surface area contributed by atoms with Gasteiger partial charge in [-0.2, -0.15) is 0 Å². The van der Waals surface area contributed by atoms with E-state index in [1.165, 1.54) is 5.56 Å². The average molecular weight is 251 g/mol. The zero-order valence-electron chi connectivity index (χ0n) is 12.3. The van der Waals surface area contributed by atoms with Crippen LogP contribution in [0.1, 0.15) is 45.2 Å². The number of aryl methyl sites for hydroxylation is 2.